The van der Waals surface area contributed by atoms with Crippen LogP contribution >= 0.6 is 0 Å². The molecule has 29 heavy (non-hydrogen) atoms. The molecule has 0 radical (unpaired) electrons. The zero-order valence-corrected chi connectivity index (χ0v) is 16.6. The Balaban J connectivity index is 1.97. The molecule has 1 aromatic carbocycles. The molecule has 6 nitrogen and oxygen atoms in total. The number of aromatic nitrogens is 2. The zero-order chi connectivity index (χ0) is 20.6. The molecular weight excluding hydrogens is 364 g/mol. The molecule has 0 saturated heterocycles. The molecule has 0 atom stereocenters. The summed E-state index contributed by atoms with van der Waals surface area (Å²) >= 11 is 0. The van der Waals surface area contributed by atoms with Crippen LogP contribution in [-0.2, 0) is 0 Å². The smallest absolute Gasteiger partial charge is 0.255 e. The standard InChI is InChI=1S/C23H24N4O2/c1-16(2)10-13-26-23(29)19-11-14-25-20(18-9-6-12-24-15-18)21(19)27-22(28)17-7-4-3-5-8-17/h3-9,11-12,14-16H,10,13H2,1-2H3,(H,26,29)(H,27,28). The average molecular weight is 388 g/mol. The number of hydrogen-bond acceptors (Lipinski definition) is 4. The van der Waals surface area contributed by atoms with E-state index in [2.05, 4.69) is 34.4 Å². The third-order valence-corrected chi connectivity index (χ3v) is 4.41. The van der Waals surface area contributed by atoms with Crippen molar-refractivity contribution in [1.82, 2.24) is 15.3 Å². The van der Waals surface area contributed by atoms with Crippen LogP contribution in [0.5, 0.6) is 0 Å². The van der Waals surface area contributed by atoms with E-state index in [1.54, 1.807) is 55.0 Å². The highest BCUT2D eigenvalue weighted by atomic mass is 16.2. The van der Waals surface area contributed by atoms with Crippen molar-refractivity contribution in [2.75, 3.05) is 11.9 Å². The third-order valence-electron chi connectivity index (χ3n) is 4.41. The monoisotopic (exact) mass is 388 g/mol. The molecule has 0 aliphatic carbocycles. The fourth-order valence-corrected chi connectivity index (χ4v) is 2.84. The van der Waals surface area contributed by atoms with Crippen molar-refractivity contribution in [3.05, 3.63) is 78.2 Å². The van der Waals surface area contributed by atoms with Gasteiger partial charge in [0.15, 0.2) is 0 Å². The van der Waals surface area contributed by atoms with Crippen LogP contribution in [0.25, 0.3) is 11.3 Å². The van der Waals surface area contributed by atoms with Crippen LogP contribution in [0, 0.1) is 5.92 Å². The summed E-state index contributed by atoms with van der Waals surface area (Å²) in [5.74, 6) is -0.0718. The van der Waals surface area contributed by atoms with E-state index in [0.717, 1.165) is 6.42 Å². The number of carbonyl (C=O) groups excluding carboxylic acids is 2. The lowest BCUT2D eigenvalue weighted by molar-refractivity contribution is 0.0953. The minimum absolute atomic E-state index is 0.249. The van der Waals surface area contributed by atoms with Gasteiger partial charge in [-0.25, -0.2) is 0 Å². The van der Waals surface area contributed by atoms with Gasteiger partial charge in [-0.1, -0.05) is 32.0 Å². The van der Waals surface area contributed by atoms with E-state index in [9.17, 15) is 9.59 Å². The fraction of sp³-hybridized carbons (Fsp3) is 0.217. The Hall–Kier alpha value is -3.54. The first kappa shape index (κ1) is 20.2. The molecule has 0 saturated carbocycles. The van der Waals surface area contributed by atoms with E-state index in [1.165, 1.54) is 0 Å². The van der Waals surface area contributed by atoms with Crippen molar-refractivity contribution in [1.29, 1.82) is 0 Å². The first-order valence-corrected chi connectivity index (χ1v) is 9.60. The van der Waals surface area contributed by atoms with Gasteiger partial charge >= 0.3 is 0 Å². The van der Waals surface area contributed by atoms with Gasteiger partial charge < -0.3 is 10.6 Å². The summed E-state index contributed by atoms with van der Waals surface area (Å²) in [4.78, 5) is 34.2. The minimum Gasteiger partial charge on any atom is -0.352 e. The SMILES string of the molecule is CC(C)CCNC(=O)c1ccnc(-c2cccnc2)c1NC(=O)c1ccccc1. The molecule has 2 amide bonds. The molecule has 148 valence electrons. The number of hydrogen-bond donors (Lipinski definition) is 2. The Morgan fingerprint density at radius 1 is 0.966 bits per heavy atom. The van der Waals surface area contributed by atoms with Crippen molar-refractivity contribution < 1.29 is 9.59 Å². The minimum atomic E-state index is -0.306. The molecule has 2 N–H and O–H groups in total. The van der Waals surface area contributed by atoms with Crippen molar-refractivity contribution in [3.8, 4) is 11.3 Å². The Bertz CT molecular complexity index is 973. The van der Waals surface area contributed by atoms with Gasteiger partial charge in [-0.3, -0.25) is 19.6 Å². The second-order valence-corrected chi connectivity index (χ2v) is 7.08. The first-order chi connectivity index (χ1) is 14.1. The van der Waals surface area contributed by atoms with Gasteiger partial charge in [-0.15, -0.1) is 0 Å². The van der Waals surface area contributed by atoms with Gasteiger partial charge in [0.05, 0.1) is 16.9 Å². The molecule has 0 unspecified atom stereocenters. The van der Waals surface area contributed by atoms with Crippen LogP contribution in [0.4, 0.5) is 5.69 Å². The third kappa shape index (κ3) is 5.25. The Kier molecular flexibility index (Phi) is 6.68. The summed E-state index contributed by atoms with van der Waals surface area (Å²) in [6.07, 6.45) is 5.75. The van der Waals surface area contributed by atoms with Gasteiger partial charge in [0.2, 0.25) is 0 Å². The summed E-state index contributed by atoms with van der Waals surface area (Å²) in [5, 5.41) is 5.81. The molecule has 6 heteroatoms. The topological polar surface area (TPSA) is 84.0 Å². The molecule has 0 aliphatic rings. The predicted molar refractivity (Wildman–Crippen MR) is 114 cm³/mol. The van der Waals surface area contributed by atoms with Crippen LogP contribution in [-0.4, -0.2) is 28.3 Å². The van der Waals surface area contributed by atoms with Crippen LogP contribution in [0.2, 0.25) is 0 Å². The van der Waals surface area contributed by atoms with E-state index in [4.69, 9.17) is 0 Å². The number of rotatable bonds is 7. The maximum atomic E-state index is 12.8. The summed E-state index contributed by atoms with van der Waals surface area (Å²) < 4.78 is 0. The molecule has 0 fully saturated rings. The molecule has 2 aromatic heterocycles. The molecule has 0 spiro atoms. The average Bonchev–Trinajstić information content (AvgIpc) is 2.74. The number of nitrogens with one attached hydrogen (secondary N) is 2. The van der Waals surface area contributed by atoms with E-state index in [-0.39, 0.29) is 11.8 Å². The van der Waals surface area contributed by atoms with E-state index in [0.29, 0.717) is 40.5 Å². The number of anilines is 1. The molecule has 0 bridgehead atoms. The summed E-state index contributed by atoms with van der Waals surface area (Å²) in [6.45, 7) is 4.77. The summed E-state index contributed by atoms with van der Waals surface area (Å²) in [5.41, 5.74) is 2.45. The Morgan fingerprint density at radius 3 is 2.45 bits per heavy atom. The summed E-state index contributed by atoms with van der Waals surface area (Å²) in [7, 11) is 0. The Morgan fingerprint density at radius 2 is 1.76 bits per heavy atom. The lowest BCUT2D eigenvalue weighted by atomic mass is 10.1. The van der Waals surface area contributed by atoms with Crippen molar-refractivity contribution in [3.63, 3.8) is 0 Å². The Labute approximate surface area is 170 Å². The molecular formula is C23H24N4O2. The van der Waals surface area contributed by atoms with E-state index in [1.807, 2.05) is 12.1 Å². The molecule has 2 heterocycles. The number of amides is 2. The highest BCUT2D eigenvalue weighted by Crippen LogP contribution is 2.29. The quantitative estimate of drug-likeness (QED) is 0.636. The van der Waals surface area contributed by atoms with E-state index < -0.39 is 0 Å². The van der Waals surface area contributed by atoms with Crippen LogP contribution in [0.3, 0.4) is 0 Å². The zero-order valence-electron chi connectivity index (χ0n) is 16.6. The van der Waals surface area contributed by atoms with Gasteiger partial charge in [0, 0.05) is 36.3 Å². The van der Waals surface area contributed by atoms with Crippen LogP contribution in [0.15, 0.2) is 67.1 Å². The highest BCUT2D eigenvalue weighted by Gasteiger charge is 2.20. The second-order valence-electron chi connectivity index (χ2n) is 7.08. The van der Waals surface area contributed by atoms with Gasteiger partial charge in [0.25, 0.3) is 11.8 Å². The number of benzene rings is 1. The maximum absolute atomic E-state index is 12.8. The highest BCUT2D eigenvalue weighted by molar-refractivity contribution is 6.11. The normalized spacial score (nSPS) is 10.6. The number of carbonyl (C=O) groups is 2. The van der Waals surface area contributed by atoms with E-state index >= 15 is 0 Å². The lowest BCUT2D eigenvalue weighted by Crippen LogP contribution is -2.27. The van der Waals surface area contributed by atoms with Crippen LogP contribution in [0.1, 0.15) is 41.0 Å². The second kappa shape index (κ2) is 9.59. The van der Waals surface area contributed by atoms with Crippen molar-refractivity contribution in [2.45, 2.75) is 20.3 Å². The lowest BCUT2D eigenvalue weighted by Gasteiger charge is -2.15. The largest absolute Gasteiger partial charge is 0.352 e. The van der Waals surface area contributed by atoms with Crippen LogP contribution < -0.4 is 10.6 Å². The summed E-state index contributed by atoms with van der Waals surface area (Å²) in [6, 6.07) is 14.1. The van der Waals surface area contributed by atoms with Gasteiger partial charge in [0.1, 0.15) is 0 Å². The van der Waals surface area contributed by atoms with Crippen molar-refractivity contribution >= 4 is 17.5 Å². The molecule has 0 aliphatic heterocycles. The number of nitrogens with zero attached hydrogens (tertiary/aromatic N) is 2. The van der Waals surface area contributed by atoms with Gasteiger partial charge in [-0.2, -0.15) is 0 Å². The maximum Gasteiger partial charge on any atom is 0.255 e. The number of pyridine rings is 2. The molecule has 3 aromatic rings. The predicted octanol–water partition coefficient (Wildman–Crippen LogP) is 4.17. The first-order valence-electron chi connectivity index (χ1n) is 9.60. The fourth-order valence-electron chi connectivity index (χ4n) is 2.84. The van der Waals surface area contributed by atoms with Crippen molar-refractivity contribution in [2.24, 2.45) is 5.92 Å². The molecule has 3 rings (SSSR count). The van der Waals surface area contributed by atoms with Gasteiger partial charge in [-0.05, 0) is 42.7 Å².